The summed E-state index contributed by atoms with van der Waals surface area (Å²) in [7, 11) is 0. The Bertz CT molecular complexity index is 490. The topological polar surface area (TPSA) is 4.93 Å². The molecule has 0 unspecified atom stereocenters. The molecule has 3 heteroatoms. The molecule has 16 heavy (non-hydrogen) atoms. The predicted molar refractivity (Wildman–Crippen MR) is 69.4 cm³/mol. The van der Waals surface area contributed by atoms with Gasteiger partial charge in [0.05, 0.1) is 0 Å². The monoisotopic (exact) mass is 237 g/mol. The highest BCUT2D eigenvalue weighted by Crippen LogP contribution is 2.23. The Labute approximate surface area is 99.6 Å². The predicted octanol–water partition coefficient (Wildman–Crippen LogP) is 4.05. The number of hydrogen-bond donors (Lipinski definition) is 0. The summed E-state index contributed by atoms with van der Waals surface area (Å²) in [6, 6.07) is 7.12. The van der Waals surface area contributed by atoms with Gasteiger partial charge in [0.2, 0.25) is 0 Å². The van der Waals surface area contributed by atoms with E-state index in [1.165, 1.54) is 11.8 Å². The minimum atomic E-state index is -0.157. The second-order valence-electron chi connectivity index (χ2n) is 3.72. The van der Waals surface area contributed by atoms with Gasteiger partial charge in [-0.1, -0.05) is 6.92 Å². The summed E-state index contributed by atoms with van der Waals surface area (Å²) >= 11 is 1.90. The van der Waals surface area contributed by atoms with Gasteiger partial charge in [-0.15, -0.1) is 0 Å². The number of aryl methyl sites for hydroxylation is 1. The summed E-state index contributed by atoms with van der Waals surface area (Å²) in [6.45, 7) is 5.22. The Kier molecular flexibility index (Phi) is 3.54. The van der Waals surface area contributed by atoms with Crippen molar-refractivity contribution < 1.29 is 4.39 Å². The highest BCUT2D eigenvalue weighted by atomic mass is 32.2. The van der Waals surface area contributed by atoms with Gasteiger partial charge < -0.3 is 4.57 Å². The fraction of sp³-hybridized carbons (Fsp3) is 0.385. The van der Waals surface area contributed by atoms with Gasteiger partial charge in [0.15, 0.2) is 0 Å². The number of rotatable bonds is 4. The lowest BCUT2D eigenvalue weighted by molar-refractivity contribution is 0.629. The average molecular weight is 237 g/mol. The molecule has 0 atom stereocenters. The third-order valence-electron chi connectivity index (χ3n) is 2.72. The maximum absolute atomic E-state index is 13.1. The Morgan fingerprint density at radius 1 is 1.25 bits per heavy atom. The molecule has 1 aromatic heterocycles. The fourth-order valence-electron chi connectivity index (χ4n) is 2.00. The van der Waals surface area contributed by atoms with Crippen molar-refractivity contribution in [3.05, 3.63) is 35.8 Å². The van der Waals surface area contributed by atoms with Crippen LogP contribution in [0.5, 0.6) is 0 Å². The first-order valence-electron chi connectivity index (χ1n) is 5.61. The smallest absolute Gasteiger partial charge is 0.123 e. The van der Waals surface area contributed by atoms with Crippen molar-refractivity contribution in [1.29, 1.82) is 0 Å². The minimum Gasteiger partial charge on any atom is -0.344 e. The molecule has 0 spiro atoms. The fourth-order valence-corrected chi connectivity index (χ4v) is 2.65. The van der Waals surface area contributed by atoms with Crippen LogP contribution < -0.4 is 0 Å². The zero-order valence-electron chi connectivity index (χ0n) is 9.66. The van der Waals surface area contributed by atoms with Crippen molar-refractivity contribution in [2.24, 2.45) is 0 Å². The van der Waals surface area contributed by atoms with E-state index in [0.29, 0.717) is 0 Å². The van der Waals surface area contributed by atoms with Crippen molar-refractivity contribution in [3.63, 3.8) is 0 Å². The van der Waals surface area contributed by atoms with E-state index >= 15 is 0 Å². The number of benzene rings is 1. The van der Waals surface area contributed by atoms with Gasteiger partial charge in [0.25, 0.3) is 0 Å². The Morgan fingerprint density at radius 2 is 2.06 bits per heavy atom. The number of nitrogens with zero attached hydrogens (tertiary/aromatic N) is 1. The van der Waals surface area contributed by atoms with Crippen LogP contribution in [-0.4, -0.2) is 10.3 Å². The average Bonchev–Trinajstić information content (AvgIpc) is 2.62. The summed E-state index contributed by atoms with van der Waals surface area (Å²) < 4.78 is 15.4. The van der Waals surface area contributed by atoms with Crippen molar-refractivity contribution in [2.75, 3.05) is 5.75 Å². The number of hydrogen-bond acceptors (Lipinski definition) is 1. The standard InChI is InChI=1S/C13H16FNS/c1-3-15-12(9-16-4-2)8-10-7-11(14)5-6-13(10)15/h5-8H,3-4,9H2,1-2H3. The lowest BCUT2D eigenvalue weighted by atomic mass is 10.2. The van der Waals surface area contributed by atoms with E-state index in [-0.39, 0.29) is 5.82 Å². The summed E-state index contributed by atoms with van der Waals surface area (Å²) in [5, 5.41) is 1.01. The van der Waals surface area contributed by atoms with Gasteiger partial charge in [-0.3, -0.25) is 0 Å². The molecule has 0 radical (unpaired) electrons. The van der Waals surface area contributed by atoms with Gasteiger partial charge >= 0.3 is 0 Å². The minimum absolute atomic E-state index is 0.157. The SMILES string of the molecule is CCSCc1cc2cc(F)ccc2n1CC. The molecule has 0 saturated heterocycles. The van der Waals surface area contributed by atoms with E-state index in [9.17, 15) is 4.39 Å². The molecule has 1 nitrogen and oxygen atoms in total. The maximum atomic E-state index is 13.1. The number of thioether (sulfide) groups is 1. The number of aromatic nitrogens is 1. The Balaban J connectivity index is 2.48. The molecule has 1 aromatic carbocycles. The molecule has 86 valence electrons. The van der Waals surface area contributed by atoms with Gasteiger partial charge in [-0.05, 0) is 36.9 Å². The van der Waals surface area contributed by atoms with Crippen molar-refractivity contribution in [3.8, 4) is 0 Å². The van der Waals surface area contributed by atoms with Crippen LogP contribution in [0, 0.1) is 5.82 Å². The molecule has 0 aliphatic rings. The second-order valence-corrected chi connectivity index (χ2v) is 4.99. The quantitative estimate of drug-likeness (QED) is 0.776. The molecule has 0 N–H and O–H groups in total. The van der Waals surface area contributed by atoms with Crippen LogP contribution in [0.2, 0.25) is 0 Å². The molecular formula is C13H16FNS. The molecule has 0 saturated carbocycles. The third kappa shape index (κ3) is 2.09. The van der Waals surface area contributed by atoms with Crippen LogP contribution in [0.25, 0.3) is 10.9 Å². The summed E-state index contributed by atoms with van der Waals surface area (Å²) in [4.78, 5) is 0. The molecule has 0 amide bonds. The summed E-state index contributed by atoms with van der Waals surface area (Å²) in [6.07, 6.45) is 0. The first-order valence-corrected chi connectivity index (χ1v) is 6.77. The molecular weight excluding hydrogens is 221 g/mol. The van der Waals surface area contributed by atoms with E-state index in [0.717, 1.165) is 29.0 Å². The summed E-state index contributed by atoms with van der Waals surface area (Å²) in [5.41, 5.74) is 2.42. The van der Waals surface area contributed by atoms with Crippen molar-refractivity contribution in [1.82, 2.24) is 4.57 Å². The van der Waals surface area contributed by atoms with Crippen molar-refractivity contribution in [2.45, 2.75) is 26.1 Å². The van der Waals surface area contributed by atoms with Gasteiger partial charge in [-0.25, -0.2) is 4.39 Å². The molecule has 1 heterocycles. The highest BCUT2D eigenvalue weighted by molar-refractivity contribution is 7.98. The molecule has 0 aliphatic carbocycles. The first kappa shape index (κ1) is 11.5. The van der Waals surface area contributed by atoms with Gasteiger partial charge in [0.1, 0.15) is 5.82 Å². The maximum Gasteiger partial charge on any atom is 0.123 e. The molecule has 0 bridgehead atoms. The van der Waals surface area contributed by atoms with Crippen LogP contribution in [0.1, 0.15) is 19.5 Å². The van der Waals surface area contributed by atoms with Gasteiger partial charge in [-0.2, -0.15) is 11.8 Å². The van der Waals surface area contributed by atoms with Crippen LogP contribution in [0.3, 0.4) is 0 Å². The highest BCUT2D eigenvalue weighted by Gasteiger charge is 2.07. The number of halogens is 1. The lowest BCUT2D eigenvalue weighted by Gasteiger charge is -2.06. The van der Waals surface area contributed by atoms with Crippen molar-refractivity contribution >= 4 is 22.7 Å². The Hall–Kier alpha value is -0.960. The molecule has 2 aromatic rings. The third-order valence-corrected chi connectivity index (χ3v) is 3.63. The van der Waals surface area contributed by atoms with Crippen LogP contribution in [-0.2, 0) is 12.3 Å². The zero-order chi connectivity index (χ0) is 11.5. The summed E-state index contributed by atoms with van der Waals surface area (Å²) in [5.74, 6) is 1.95. The van der Waals surface area contributed by atoms with Crippen LogP contribution in [0.15, 0.2) is 24.3 Å². The molecule has 0 fully saturated rings. The van der Waals surface area contributed by atoms with E-state index in [1.54, 1.807) is 6.07 Å². The van der Waals surface area contributed by atoms with E-state index in [2.05, 4.69) is 24.5 Å². The Morgan fingerprint density at radius 3 is 2.75 bits per heavy atom. The van der Waals surface area contributed by atoms with Gasteiger partial charge in [0, 0.05) is 28.9 Å². The number of fused-ring (bicyclic) bond motifs is 1. The largest absolute Gasteiger partial charge is 0.344 e. The van der Waals surface area contributed by atoms with Crippen LogP contribution >= 0.6 is 11.8 Å². The van der Waals surface area contributed by atoms with E-state index in [1.807, 2.05) is 17.8 Å². The zero-order valence-corrected chi connectivity index (χ0v) is 10.5. The van der Waals surface area contributed by atoms with Crippen LogP contribution in [0.4, 0.5) is 4.39 Å². The second kappa shape index (κ2) is 4.91. The van der Waals surface area contributed by atoms with E-state index < -0.39 is 0 Å². The molecule has 0 aliphatic heterocycles. The molecule has 2 rings (SSSR count). The normalized spacial score (nSPS) is 11.2. The van der Waals surface area contributed by atoms with E-state index in [4.69, 9.17) is 0 Å². The lowest BCUT2D eigenvalue weighted by Crippen LogP contribution is -1.98. The first-order chi connectivity index (χ1) is 7.76.